The molecule has 5 atom stereocenters. The standard InChI is InChI=1S/C27H35N5O7/c1-16(33)23(27(38)39)32-26(37)21(15-18-10-6-3-7-11-18)31-25(36)20(14-17-8-4-2-5-9-17)30-24(35)19(28)12-13-22(29)34/h2-11,16,19-21,23,33H,12-15,28H2,1H3,(H2,29,34)(H,30,35)(H,31,36)(H,32,37)(H,38,39). The van der Waals surface area contributed by atoms with Gasteiger partial charge in [-0.3, -0.25) is 19.2 Å². The van der Waals surface area contributed by atoms with Gasteiger partial charge >= 0.3 is 5.97 Å². The van der Waals surface area contributed by atoms with Crippen molar-refractivity contribution in [2.45, 2.75) is 62.9 Å². The van der Waals surface area contributed by atoms with Crippen LogP contribution in [0.1, 0.15) is 30.9 Å². The fourth-order valence-electron chi connectivity index (χ4n) is 3.74. The van der Waals surface area contributed by atoms with E-state index < -0.39 is 59.9 Å². The number of amides is 4. The number of aliphatic hydroxyl groups excluding tert-OH is 1. The molecular weight excluding hydrogens is 506 g/mol. The highest BCUT2D eigenvalue weighted by Gasteiger charge is 2.32. The molecule has 0 aliphatic carbocycles. The fraction of sp³-hybridized carbons (Fsp3) is 0.370. The quantitative estimate of drug-likeness (QED) is 0.148. The van der Waals surface area contributed by atoms with Gasteiger partial charge in [-0.25, -0.2) is 4.79 Å². The van der Waals surface area contributed by atoms with Crippen molar-refractivity contribution in [3.05, 3.63) is 71.8 Å². The Labute approximate surface area is 226 Å². The lowest BCUT2D eigenvalue weighted by Crippen LogP contribution is -2.59. The van der Waals surface area contributed by atoms with Crippen LogP contribution in [0.25, 0.3) is 0 Å². The Morgan fingerprint density at radius 2 is 1.21 bits per heavy atom. The van der Waals surface area contributed by atoms with Crippen molar-refractivity contribution in [2.24, 2.45) is 11.5 Å². The first-order chi connectivity index (χ1) is 18.5. The lowest BCUT2D eigenvalue weighted by atomic mass is 10.0. The molecule has 0 aliphatic rings. The molecule has 5 unspecified atom stereocenters. The van der Waals surface area contributed by atoms with Gasteiger partial charge in [0.1, 0.15) is 12.1 Å². The summed E-state index contributed by atoms with van der Waals surface area (Å²) in [5.74, 6) is -4.29. The molecule has 0 saturated carbocycles. The van der Waals surface area contributed by atoms with E-state index in [0.717, 1.165) is 0 Å². The van der Waals surface area contributed by atoms with Crippen LogP contribution in [0.5, 0.6) is 0 Å². The topological polar surface area (TPSA) is 214 Å². The largest absolute Gasteiger partial charge is 0.480 e. The maximum atomic E-state index is 13.4. The van der Waals surface area contributed by atoms with E-state index in [4.69, 9.17) is 11.5 Å². The average molecular weight is 542 g/mol. The van der Waals surface area contributed by atoms with Crippen molar-refractivity contribution >= 4 is 29.6 Å². The van der Waals surface area contributed by atoms with Crippen LogP contribution >= 0.6 is 0 Å². The molecule has 12 heteroatoms. The number of aliphatic hydroxyl groups is 1. The lowest BCUT2D eigenvalue weighted by Gasteiger charge is -2.26. The van der Waals surface area contributed by atoms with Crippen LogP contribution in [-0.4, -0.2) is 70.1 Å². The highest BCUT2D eigenvalue weighted by atomic mass is 16.4. The van der Waals surface area contributed by atoms with Crippen LogP contribution in [-0.2, 0) is 36.8 Å². The molecule has 0 radical (unpaired) electrons. The molecule has 0 saturated heterocycles. The van der Waals surface area contributed by atoms with Gasteiger partial charge in [-0.1, -0.05) is 60.7 Å². The first kappa shape index (κ1) is 30.9. The van der Waals surface area contributed by atoms with Gasteiger partial charge < -0.3 is 37.6 Å². The average Bonchev–Trinajstić information content (AvgIpc) is 2.90. The van der Waals surface area contributed by atoms with Crippen molar-refractivity contribution in [1.82, 2.24) is 16.0 Å². The molecule has 0 aromatic heterocycles. The maximum absolute atomic E-state index is 13.4. The minimum absolute atomic E-state index is 0.00862. The minimum atomic E-state index is -1.60. The Bertz CT molecular complexity index is 1130. The number of aliphatic carboxylic acids is 1. The van der Waals surface area contributed by atoms with Crippen molar-refractivity contribution in [3.63, 3.8) is 0 Å². The molecule has 0 aliphatic heterocycles. The van der Waals surface area contributed by atoms with Gasteiger partial charge in [-0.2, -0.15) is 0 Å². The highest BCUT2D eigenvalue weighted by molar-refractivity contribution is 5.94. The van der Waals surface area contributed by atoms with Gasteiger partial charge in [0.05, 0.1) is 12.1 Å². The number of primary amides is 1. The van der Waals surface area contributed by atoms with E-state index in [-0.39, 0.29) is 25.7 Å². The van der Waals surface area contributed by atoms with E-state index in [1.54, 1.807) is 60.7 Å². The number of hydrogen-bond donors (Lipinski definition) is 7. The molecular formula is C27H35N5O7. The number of nitrogens with one attached hydrogen (secondary N) is 3. The monoisotopic (exact) mass is 541 g/mol. The molecule has 0 bridgehead atoms. The molecule has 4 amide bonds. The number of benzene rings is 2. The van der Waals surface area contributed by atoms with Crippen LogP contribution < -0.4 is 27.4 Å². The third-order valence-corrected chi connectivity index (χ3v) is 5.92. The summed E-state index contributed by atoms with van der Waals surface area (Å²) in [4.78, 5) is 61.9. The summed E-state index contributed by atoms with van der Waals surface area (Å²) < 4.78 is 0. The maximum Gasteiger partial charge on any atom is 0.328 e. The number of nitrogens with two attached hydrogens (primary N) is 2. The molecule has 0 heterocycles. The van der Waals surface area contributed by atoms with E-state index >= 15 is 0 Å². The predicted molar refractivity (Wildman–Crippen MR) is 142 cm³/mol. The van der Waals surface area contributed by atoms with E-state index in [9.17, 15) is 34.2 Å². The van der Waals surface area contributed by atoms with Gasteiger partial charge in [0.25, 0.3) is 0 Å². The summed E-state index contributed by atoms with van der Waals surface area (Å²) in [5, 5.41) is 26.6. The summed E-state index contributed by atoms with van der Waals surface area (Å²) in [7, 11) is 0. The second-order valence-corrected chi connectivity index (χ2v) is 9.18. The van der Waals surface area contributed by atoms with Gasteiger partial charge in [0, 0.05) is 19.3 Å². The number of carboxylic acids is 1. The van der Waals surface area contributed by atoms with Crippen molar-refractivity contribution < 1.29 is 34.2 Å². The van der Waals surface area contributed by atoms with Gasteiger partial charge in [0.15, 0.2) is 6.04 Å². The molecule has 0 fully saturated rings. The Morgan fingerprint density at radius 3 is 1.62 bits per heavy atom. The lowest BCUT2D eigenvalue weighted by molar-refractivity contribution is -0.145. The third-order valence-electron chi connectivity index (χ3n) is 5.92. The molecule has 9 N–H and O–H groups in total. The van der Waals surface area contributed by atoms with Crippen LogP contribution in [0.2, 0.25) is 0 Å². The third kappa shape index (κ3) is 10.5. The molecule has 2 aromatic carbocycles. The van der Waals surface area contributed by atoms with Crippen LogP contribution in [0, 0.1) is 0 Å². The summed E-state index contributed by atoms with van der Waals surface area (Å²) in [6.07, 6.45) is -1.46. The smallest absolute Gasteiger partial charge is 0.328 e. The van der Waals surface area contributed by atoms with Crippen molar-refractivity contribution in [2.75, 3.05) is 0 Å². The summed E-state index contributed by atoms with van der Waals surface area (Å²) >= 11 is 0. The number of carbonyl (C=O) groups excluding carboxylic acids is 4. The molecule has 12 nitrogen and oxygen atoms in total. The number of rotatable bonds is 15. The second-order valence-electron chi connectivity index (χ2n) is 9.18. The zero-order valence-corrected chi connectivity index (χ0v) is 21.6. The predicted octanol–water partition coefficient (Wildman–Crippen LogP) is -1.02. The Balaban J connectivity index is 2.29. The number of carbonyl (C=O) groups is 5. The van der Waals surface area contributed by atoms with Gasteiger partial charge in [-0.05, 0) is 24.5 Å². The normalized spacial score (nSPS) is 14.6. The Kier molecular flexibility index (Phi) is 12.1. The zero-order chi connectivity index (χ0) is 28.9. The fourth-order valence-corrected chi connectivity index (χ4v) is 3.74. The Hall–Kier alpha value is -4.29. The van der Waals surface area contributed by atoms with Crippen LogP contribution in [0.3, 0.4) is 0 Å². The van der Waals surface area contributed by atoms with E-state index in [0.29, 0.717) is 11.1 Å². The Morgan fingerprint density at radius 1 is 0.769 bits per heavy atom. The first-order valence-corrected chi connectivity index (χ1v) is 12.4. The first-order valence-electron chi connectivity index (χ1n) is 12.4. The molecule has 2 aromatic rings. The molecule has 210 valence electrons. The zero-order valence-electron chi connectivity index (χ0n) is 21.6. The molecule has 0 spiro atoms. The number of hydrogen-bond acceptors (Lipinski definition) is 7. The van der Waals surface area contributed by atoms with Crippen molar-refractivity contribution in [1.29, 1.82) is 0 Å². The van der Waals surface area contributed by atoms with E-state index in [1.165, 1.54) is 6.92 Å². The van der Waals surface area contributed by atoms with Gasteiger partial charge in [0.2, 0.25) is 23.6 Å². The van der Waals surface area contributed by atoms with E-state index in [2.05, 4.69) is 16.0 Å². The van der Waals surface area contributed by atoms with Gasteiger partial charge in [-0.15, -0.1) is 0 Å². The summed E-state index contributed by atoms with van der Waals surface area (Å²) in [5.41, 5.74) is 12.4. The second kappa shape index (κ2) is 15.2. The van der Waals surface area contributed by atoms with E-state index in [1.807, 2.05) is 0 Å². The summed E-state index contributed by atoms with van der Waals surface area (Å²) in [6.45, 7) is 1.22. The summed E-state index contributed by atoms with van der Waals surface area (Å²) in [6, 6.07) is 12.5. The SMILES string of the molecule is CC(O)C(NC(=O)C(Cc1ccccc1)NC(=O)C(Cc1ccccc1)NC(=O)C(N)CCC(N)=O)C(=O)O. The number of carboxylic acid groups (broad SMARTS) is 1. The minimum Gasteiger partial charge on any atom is -0.480 e. The molecule has 39 heavy (non-hydrogen) atoms. The van der Waals surface area contributed by atoms with Crippen LogP contribution in [0.4, 0.5) is 0 Å². The highest BCUT2D eigenvalue weighted by Crippen LogP contribution is 2.08. The van der Waals surface area contributed by atoms with Crippen molar-refractivity contribution in [3.8, 4) is 0 Å². The molecule has 2 rings (SSSR count). The van der Waals surface area contributed by atoms with Crippen LogP contribution in [0.15, 0.2) is 60.7 Å².